The molecule has 0 aromatic carbocycles. The van der Waals surface area contributed by atoms with Crippen LogP contribution in [0.2, 0.25) is 0 Å². The zero-order chi connectivity index (χ0) is 12.9. The highest BCUT2D eigenvalue weighted by Gasteiger charge is 2.03. The fourth-order valence-electron chi connectivity index (χ4n) is 1.80. The van der Waals surface area contributed by atoms with Gasteiger partial charge >= 0.3 is 0 Å². The van der Waals surface area contributed by atoms with Crippen molar-refractivity contribution < 1.29 is 0 Å². The highest BCUT2D eigenvalue weighted by molar-refractivity contribution is 7.14. The summed E-state index contributed by atoms with van der Waals surface area (Å²) in [6, 6.07) is 6.52. The maximum Gasteiger partial charge on any atom is 0.0692 e. The van der Waals surface area contributed by atoms with Crippen LogP contribution in [0.4, 0.5) is 0 Å². The van der Waals surface area contributed by atoms with E-state index in [9.17, 15) is 0 Å². The predicted molar refractivity (Wildman–Crippen MR) is 79.4 cm³/mol. The SMILES string of the molecule is c1csc(-c2csc(CNCCn3ccnn3)c2)c1. The molecule has 0 saturated carbocycles. The van der Waals surface area contributed by atoms with Crippen LogP contribution in [0.25, 0.3) is 10.4 Å². The minimum atomic E-state index is 0.850. The molecule has 3 rings (SSSR count). The molecule has 0 aliphatic rings. The van der Waals surface area contributed by atoms with E-state index in [1.165, 1.54) is 15.3 Å². The van der Waals surface area contributed by atoms with Crippen LogP contribution in [0.15, 0.2) is 41.4 Å². The number of nitrogens with zero attached hydrogens (tertiary/aromatic N) is 3. The van der Waals surface area contributed by atoms with E-state index in [2.05, 4.69) is 44.6 Å². The van der Waals surface area contributed by atoms with Gasteiger partial charge in [0.1, 0.15) is 0 Å². The molecule has 1 N–H and O–H groups in total. The van der Waals surface area contributed by atoms with Crippen molar-refractivity contribution in [2.75, 3.05) is 6.54 Å². The lowest BCUT2D eigenvalue weighted by Gasteiger charge is -2.02. The maximum atomic E-state index is 3.93. The lowest BCUT2D eigenvalue weighted by Crippen LogP contribution is -2.19. The van der Waals surface area contributed by atoms with Crippen molar-refractivity contribution in [2.24, 2.45) is 0 Å². The molecule has 19 heavy (non-hydrogen) atoms. The molecule has 0 bridgehead atoms. The standard InChI is InChI=1S/C13H14N4S2/c1-2-13(18-7-1)11-8-12(19-10-11)9-14-3-5-17-6-4-15-16-17/h1-2,4,6-8,10,14H,3,5,9H2. The van der Waals surface area contributed by atoms with E-state index < -0.39 is 0 Å². The van der Waals surface area contributed by atoms with E-state index in [-0.39, 0.29) is 0 Å². The lowest BCUT2D eigenvalue weighted by atomic mass is 10.2. The molecule has 0 radical (unpaired) electrons. The Balaban J connectivity index is 1.48. The summed E-state index contributed by atoms with van der Waals surface area (Å²) >= 11 is 3.59. The van der Waals surface area contributed by atoms with Gasteiger partial charge in [-0.3, -0.25) is 4.68 Å². The summed E-state index contributed by atoms with van der Waals surface area (Å²) in [5.41, 5.74) is 1.33. The van der Waals surface area contributed by atoms with Crippen LogP contribution in [-0.4, -0.2) is 21.5 Å². The van der Waals surface area contributed by atoms with Gasteiger partial charge in [0.2, 0.25) is 0 Å². The normalized spacial score (nSPS) is 10.9. The topological polar surface area (TPSA) is 42.7 Å². The van der Waals surface area contributed by atoms with Crippen LogP contribution in [0.3, 0.4) is 0 Å². The number of nitrogens with one attached hydrogen (secondary N) is 1. The molecule has 3 heterocycles. The van der Waals surface area contributed by atoms with E-state index in [4.69, 9.17) is 0 Å². The third-order valence-electron chi connectivity index (χ3n) is 2.75. The van der Waals surface area contributed by atoms with Gasteiger partial charge in [0.05, 0.1) is 12.7 Å². The summed E-state index contributed by atoms with van der Waals surface area (Å²) in [5.74, 6) is 0. The van der Waals surface area contributed by atoms with E-state index in [0.717, 1.165) is 19.6 Å². The number of hydrogen-bond donors (Lipinski definition) is 1. The van der Waals surface area contributed by atoms with Gasteiger partial charge in [-0.15, -0.1) is 27.8 Å². The molecule has 0 spiro atoms. The first-order chi connectivity index (χ1) is 9.42. The van der Waals surface area contributed by atoms with Crippen molar-refractivity contribution in [3.05, 3.63) is 46.2 Å². The van der Waals surface area contributed by atoms with Crippen molar-refractivity contribution in [1.82, 2.24) is 20.3 Å². The number of rotatable bonds is 6. The van der Waals surface area contributed by atoms with Gasteiger partial charge in [-0.1, -0.05) is 11.3 Å². The van der Waals surface area contributed by atoms with Crippen molar-refractivity contribution in [1.29, 1.82) is 0 Å². The minimum Gasteiger partial charge on any atom is -0.310 e. The Hall–Kier alpha value is -1.50. The highest BCUT2D eigenvalue weighted by atomic mass is 32.1. The first kappa shape index (κ1) is 12.5. The number of hydrogen-bond acceptors (Lipinski definition) is 5. The molecule has 0 aliphatic heterocycles. The molecule has 0 amide bonds. The molecule has 6 heteroatoms. The van der Waals surface area contributed by atoms with Crippen LogP contribution in [-0.2, 0) is 13.1 Å². The summed E-state index contributed by atoms with van der Waals surface area (Å²) in [7, 11) is 0. The molecular weight excluding hydrogens is 276 g/mol. The second-order valence-electron chi connectivity index (χ2n) is 4.12. The van der Waals surface area contributed by atoms with Gasteiger partial charge in [-0.25, -0.2) is 0 Å². The molecule has 0 saturated heterocycles. The first-order valence-corrected chi connectivity index (χ1v) is 7.84. The Bertz CT molecular complexity index is 598. The molecule has 0 fully saturated rings. The van der Waals surface area contributed by atoms with Crippen LogP contribution in [0, 0.1) is 0 Å². The Morgan fingerprint density at radius 2 is 2.32 bits per heavy atom. The Morgan fingerprint density at radius 1 is 1.32 bits per heavy atom. The van der Waals surface area contributed by atoms with Gasteiger partial charge in [0.25, 0.3) is 0 Å². The van der Waals surface area contributed by atoms with Crippen LogP contribution >= 0.6 is 22.7 Å². The summed E-state index contributed by atoms with van der Waals surface area (Å²) in [4.78, 5) is 2.70. The average Bonchev–Trinajstić information content (AvgIpc) is 3.15. The monoisotopic (exact) mass is 290 g/mol. The second-order valence-corrected chi connectivity index (χ2v) is 6.07. The van der Waals surface area contributed by atoms with E-state index in [0.29, 0.717) is 0 Å². The molecule has 4 nitrogen and oxygen atoms in total. The summed E-state index contributed by atoms with van der Waals surface area (Å²) in [5, 5.41) is 15.5. The van der Waals surface area contributed by atoms with Gasteiger partial charge in [0, 0.05) is 34.6 Å². The largest absolute Gasteiger partial charge is 0.310 e. The van der Waals surface area contributed by atoms with Gasteiger partial charge in [-0.2, -0.15) is 0 Å². The highest BCUT2D eigenvalue weighted by Crippen LogP contribution is 2.29. The Kier molecular flexibility index (Phi) is 4.02. The number of thiophene rings is 2. The molecule has 3 aromatic heterocycles. The summed E-state index contributed by atoms with van der Waals surface area (Å²) < 4.78 is 1.83. The molecular formula is C13H14N4S2. The smallest absolute Gasteiger partial charge is 0.0692 e. The van der Waals surface area contributed by atoms with Crippen LogP contribution in [0.5, 0.6) is 0 Å². The third-order valence-corrected chi connectivity index (χ3v) is 4.60. The number of aromatic nitrogens is 3. The fourth-order valence-corrected chi connectivity index (χ4v) is 3.45. The zero-order valence-corrected chi connectivity index (χ0v) is 12.0. The third kappa shape index (κ3) is 3.28. The molecule has 0 aliphatic carbocycles. The Morgan fingerprint density at radius 3 is 3.11 bits per heavy atom. The second kappa shape index (κ2) is 6.10. The average molecular weight is 290 g/mol. The van der Waals surface area contributed by atoms with E-state index in [1.54, 1.807) is 28.9 Å². The Labute approximate surface area is 119 Å². The van der Waals surface area contributed by atoms with Gasteiger partial charge in [0.15, 0.2) is 0 Å². The first-order valence-electron chi connectivity index (χ1n) is 6.08. The predicted octanol–water partition coefficient (Wildman–Crippen LogP) is 2.86. The minimum absolute atomic E-state index is 0.850. The molecule has 0 unspecified atom stereocenters. The molecule has 0 atom stereocenters. The van der Waals surface area contributed by atoms with Crippen molar-refractivity contribution in [2.45, 2.75) is 13.1 Å². The zero-order valence-electron chi connectivity index (χ0n) is 10.3. The summed E-state index contributed by atoms with van der Waals surface area (Å²) in [6.45, 7) is 2.66. The van der Waals surface area contributed by atoms with Crippen molar-refractivity contribution in [3.8, 4) is 10.4 Å². The van der Waals surface area contributed by atoms with Crippen LogP contribution < -0.4 is 5.32 Å². The summed E-state index contributed by atoms with van der Waals surface area (Å²) in [6.07, 6.45) is 3.58. The molecule has 3 aromatic rings. The van der Waals surface area contributed by atoms with E-state index >= 15 is 0 Å². The van der Waals surface area contributed by atoms with Crippen LogP contribution in [0.1, 0.15) is 4.88 Å². The van der Waals surface area contributed by atoms with Gasteiger partial charge < -0.3 is 5.32 Å². The maximum absolute atomic E-state index is 3.93. The fraction of sp³-hybridized carbons (Fsp3) is 0.231. The molecule has 98 valence electrons. The van der Waals surface area contributed by atoms with Crippen molar-refractivity contribution >= 4 is 22.7 Å². The van der Waals surface area contributed by atoms with E-state index in [1.807, 2.05) is 10.9 Å². The van der Waals surface area contributed by atoms with Crippen molar-refractivity contribution in [3.63, 3.8) is 0 Å². The van der Waals surface area contributed by atoms with Gasteiger partial charge in [-0.05, 0) is 22.9 Å². The quantitative estimate of drug-likeness (QED) is 0.710. The lowest BCUT2D eigenvalue weighted by molar-refractivity contribution is 0.542.